The van der Waals surface area contributed by atoms with Crippen LogP contribution < -0.4 is 10.0 Å². The van der Waals surface area contributed by atoms with Crippen molar-refractivity contribution >= 4 is 59.6 Å². The number of hydrogen-bond donors (Lipinski definition) is 2. The van der Waals surface area contributed by atoms with Crippen molar-refractivity contribution in [3.8, 4) is 0 Å². The molecule has 3 rings (SSSR count). The number of amides is 1. The Hall–Kier alpha value is -1.97. The molecule has 0 aliphatic heterocycles. The summed E-state index contributed by atoms with van der Waals surface area (Å²) in [6.07, 6.45) is 1.09. The maximum atomic E-state index is 12.0. The van der Waals surface area contributed by atoms with Crippen LogP contribution in [0.3, 0.4) is 0 Å². The number of rotatable bonds is 4. The largest absolute Gasteiger partial charge is 0.297 e. The second-order valence-electron chi connectivity index (χ2n) is 4.51. The molecule has 1 aromatic carbocycles. The Kier molecular flexibility index (Phi) is 3.85. The number of thiophene rings is 1. The van der Waals surface area contributed by atoms with Gasteiger partial charge in [-0.15, -0.1) is 11.3 Å². The SMILES string of the molecule is CS(=O)(=O)Nc1ccc2nc(NC(=O)c3cccs3)sc2c1. The molecule has 6 nitrogen and oxygen atoms in total. The minimum absolute atomic E-state index is 0.205. The van der Waals surface area contributed by atoms with Crippen molar-refractivity contribution in [3.05, 3.63) is 40.6 Å². The van der Waals surface area contributed by atoms with Gasteiger partial charge in [0.05, 0.1) is 27.0 Å². The van der Waals surface area contributed by atoms with Gasteiger partial charge in [-0.05, 0) is 29.6 Å². The smallest absolute Gasteiger partial charge is 0.267 e. The lowest BCUT2D eigenvalue weighted by Gasteiger charge is -2.02. The Balaban J connectivity index is 1.85. The molecule has 0 saturated heterocycles. The number of aromatic nitrogens is 1. The van der Waals surface area contributed by atoms with Crippen molar-refractivity contribution in [3.63, 3.8) is 0 Å². The predicted octanol–water partition coefficient (Wildman–Crippen LogP) is 2.98. The van der Waals surface area contributed by atoms with E-state index in [9.17, 15) is 13.2 Å². The standard InChI is InChI=1S/C13H11N3O3S3/c1-22(18,19)16-8-4-5-9-11(7-8)21-13(14-9)15-12(17)10-3-2-6-20-10/h2-7,16H,1H3,(H,14,15,17). The number of carbonyl (C=O) groups is 1. The average molecular weight is 353 g/mol. The number of benzene rings is 1. The van der Waals surface area contributed by atoms with Crippen LogP contribution in [0.1, 0.15) is 9.67 Å². The molecule has 0 bridgehead atoms. The number of carbonyl (C=O) groups excluding carboxylic acids is 1. The number of sulfonamides is 1. The Bertz CT molecular complexity index is 930. The number of fused-ring (bicyclic) bond motifs is 1. The first kappa shape index (κ1) is 14.9. The summed E-state index contributed by atoms with van der Waals surface area (Å²) in [5, 5.41) is 5.05. The second kappa shape index (κ2) is 5.67. The van der Waals surface area contributed by atoms with Crippen LogP contribution in [0.5, 0.6) is 0 Å². The summed E-state index contributed by atoms with van der Waals surface area (Å²) in [7, 11) is -3.32. The molecular formula is C13H11N3O3S3. The molecule has 0 aliphatic carbocycles. The topological polar surface area (TPSA) is 88.2 Å². The Morgan fingerprint density at radius 1 is 1.27 bits per heavy atom. The highest BCUT2D eigenvalue weighted by Crippen LogP contribution is 2.29. The molecule has 9 heteroatoms. The Labute approximate surface area is 134 Å². The van der Waals surface area contributed by atoms with Crippen molar-refractivity contribution in [1.29, 1.82) is 0 Å². The van der Waals surface area contributed by atoms with Gasteiger partial charge in [-0.25, -0.2) is 13.4 Å². The van der Waals surface area contributed by atoms with Crippen LogP contribution >= 0.6 is 22.7 Å². The normalized spacial score (nSPS) is 11.5. The summed E-state index contributed by atoms with van der Waals surface area (Å²) in [5.74, 6) is -0.205. The van der Waals surface area contributed by atoms with Crippen LogP contribution in [0.2, 0.25) is 0 Å². The fourth-order valence-electron chi connectivity index (χ4n) is 1.82. The van der Waals surface area contributed by atoms with Gasteiger partial charge in [0.15, 0.2) is 5.13 Å². The van der Waals surface area contributed by atoms with Crippen LogP contribution in [0.15, 0.2) is 35.7 Å². The quantitative estimate of drug-likeness (QED) is 0.755. The molecule has 3 aromatic rings. The molecule has 2 N–H and O–H groups in total. The average Bonchev–Trinajstić information content (AvgIpc) is 3.04. The molecule has 2 aromatic heterocycles. The first-order valence-corrected chi connectivity index (χ1v) is 9.73. The third kappa shape index (κ3) is 3.43. The molecule has 0 spiro atoms. The van der Waals surface area contributed by atoms with E-state index in [0.717, 1.165) is 11.0 Å². The number of anilines is 2. The van der Waals surface area contributed by atoms with Gasteiger partial charge in [-0.2, -0.15) is 0 Å². The maximum Gasteiger partial charge on any atom is 0.267 e. The zero-order chi connectivity index (χ0) is 15.7. The zero-order valence-electron chi connectivity index (χ0n) is 11.4. The van der Waals surface area contributed by atoms with E-state index in [2.05, 4.69) is 15.0 Å². The second-order valence-corrected chi connectivity index (χ2v) is 8.23. The van der Waals surface area contributed by atoms with E-state index in [1.807, 2.05) is 5.38 Å². The highest BCUT2D eigenvalue weighted by molar-refractivity contribution is 7.92. The lowest BCUT2D eigenvalue weighted by molar-refractivity contribution is 0.103. The first-order valence-electron chi connectivity index (χ1n) is 6.14. The van der Waals surface area contributed by atoms with Crippen LogP contribution in [0, 0.1) is 0 Å². The minimum atomic E-state index is -3.32. The van der Waals surface area contributed by atoms with E-state index in [1.165, 1.54) is 22.7 Å². The number of nitrogens with zero attached hydrogens (tertiary/aromatic N) is 1. The van der Waals surface area contributed by atoms with E-state index in [4.69, 9.17) is 0 Å². The Morgan fingerprint density at radius 3 is 2.77 bits per heavy atom. The van der Waals surface area contributed by atoms with Crippen LogP contribution in [0.25, 0.3) is 10.2 Å². The van der Waals surface area contributed by atoms with Crippen molar-refractivity contribution in [2.75, 3.05) is 16.3 Å². The first-order chi connectivity index (χ1) is 10.4. The van der Waals surface area contributed by atoms with Gasteiger partial charge in [0, 0.05) is 0 Å². The van der Waals surface area contributed by atoms with Crippen LogP contribution in [-0.4, -0.2) is 25.6 Å². The van der Waals surface area contributed by atoms with Crippen molar-refractivity contribution in [2.45, 2.75) is 0 Å². The van der Waals surface area contributed by atoms with E-state index < -0.39 is 10.0 Å². The minimum Gasteiger partial charge on any atom is -0.297 e. The van der Waals surface area contributed by atoms with Gasteiger partial charge in [0.1, 0.15) is 0 Å². The Morgan fingerprint density at radius 2 is 2.09 bits per heavy atom. The van der Waals surface area contributed by atoms with E-state index in [0.29, 0.717) is 21.2 Å². The molecule has 0 saturated carbocycles. The molecule has 114 valence electrons. The van der Waals surface area contributed by atoms with Crippen molar-refractivity contribution < 1.29 is 13.2 Å². The van der Waals surface area contributed by atoms with Gasteiger partial charge >= 0.3 is 0 Å². The summed E-state index contributed by atoms with van der Waals surface area (Å²) >= 11 is 2.64. The molecule has 22 heavy (non-hydrogen) atoms. The fraction of sp³-hybridized carbons (Fsp3) is 0.0769. The van der Waals surface area contributed by atoms with E-state index >= 15 is 0 Å². The van der Waals surface area contributed by atoms with Crippen molar-refractivity contribution in [2.24, 2.45) is 0 Å². The van der Waals surface area contributed by atoms with Gasteiger partial charge in [0.25, 0.3) is 5.91 Å². The van der Waals surface area contributed by atoms with Crippen LogP contribution in [-0.2, 0) is 10.0 Å². The number of nitrogens with one attached hydrogen (secondary N) is 2. The fourth-order valence-corrected chi connectivity index (χ4v) is 3.90. The van der Waals surface area contributed by atoms with Gasteiger partial charge in [-0.3, -0.25) is 14.8 Å². The summed E-state index contributed by atoms with van der Waals surface area (Å²) in [6.45, 7) is 0. The number of thiazole rings is 1. The molecule has 2 heterocycles. The van der Waals surface area contributed by atoms with Gasteiger partial charge in [-0.1, -0.05) is 17.4 Å². The third-order valence-corrected chi connectivity index (χ3v) is 5.07. The monoisotopic (exact) mass is 353 g/mol. The maximum absolute atomic E-state index is 12.0. The summed E-state index contributed by atoms with van der Waals surface area (Å²) in [4.78, 5) is 16.9. The van der Waals surface area contributed by atoms with Gasteiger partial charge < -0.3 is 0 Å². The molecule has 0 aliphatic rings. The van der Waals surface area contributed by atoms with E-state index in [1.54, 1.807) is 30.3 Å². The van der Waals surface area contributed by atoms with Gasteiger partial charge in [0.2, 0.25) is 10.0 Å². The number of hydrogen-bond acceptors (Lipinski definition) is 6. The molecule has 1 amide bonds. The summed E-state index contributed by atoms with van der Waals surface area (Å²) in [6, 6.07) is 8.57. The lowest BCUT2D eigenvalue weighted by atomic mass is 10.3. The molecule has 0 radical (unpaired) electrons. The summed E-state index contributed by atoms with van der Waals surface area (Å²) in [5.41, 5.74) is 1.17. The van der Waals surface area contributed by atoms with Crippen LogP contribution in [0.4, 0.5) is 10.8 Å². The molecular weight excluding hydrogens is 342 g/mol. The molecule has 0 fully saturated rings. The highest BCUT2D eigenvalue weighted by atomic mass is 32.2. The lowest BCUT2D eigenvalue weighted by Crippen LogP contribution is -2.09. The highest BCUT2D eigenvalue weighted by Gasteiger charge is 2.11. The van der Waals surface area contributed by atoms with Crippen molar-refractivity contribution in [1.82, 2.24) is 4.98 Å². The molecule has 0 unspecified atom stereocenters. The zero-order valence-corrected chi connectivity index (χ0v) is 13.8. The predicted molar refractivity (Wildman–Crippen MR) is 90.4 cm³/mol. The summed E-state index contributed by atoms with van der Waals surface area (Å²) < 4.78 is 25.7. The third-order valence-electron chi connectivity index (χ3n) is 2.66. The molecule has 0 atom stereocenters. The van der Waals surface area contributed by atoms with E-state index in [-0.39, 0.29) is 5.91 Å².